The van der Waals surface area contributed by atoms with Crippen molar-refractivity contribution in [1.82, 2.24) is 10.1 Å². The molecule has 0 spiro atoms. The predicted octanol–water partition coefficient (Wildman–Crippen LogP) is 2.87. The molecular formula is C11H12BrN3O. The highest BCUT2D eigenvalue weighted by atomic mass is 79.9. The Morgan fingerprint density at radius 3 is 2.62 bits per heavy atom. The number of aromatic nitrogens is 2. The highest BCUT2D eigenvalue weighted by Gasteiger charge is 2.10. The largest absolute Gasteiger partial charge is 0.331 e. The fraction of sp³-hybridized carbons (Fsp3) is 0.273. The van der Waals surface area contributed by atoms with Gasteiger partial charge in [0.2, 0.25) is 5.82 Å². The summed E-state index contributed by atoms with van der Waals surface area (Å²) in [5.74, 6) is 0.610. The number of nitrogens with zero attached hydrogens (tertiary/aromatic N) is 3. The first-order chi connectivity index (χ1) is 7.58. The van der Waals surface area contributed by atoms with Crippen molar-refractivity contribution in [2.24, 2.45) is 0 Å². The quantitative estimate of drug-likeness (QED) is 0.849. The van der Waals surface area contributed by atoms with E-state index < -0.39 is 0 Å². The van der Waals surface area contributed by atoms with Gasteiger partial charge in [0.05, 0.1) is 0 Å². The van der Waals surface area contributed by atoms with Crippen LogP contribution in [0.25, 0.3) is 11.4 Å². The highest BCUT2D eigenvalue weighted by molar-refractivity contribution is 9.10. The number of benzene rings is 1. The molecule has 0 radical (unpaired) electrons. The maximum atomic E-state index is 5.10. The summed E-state index contributed by atoms with van der Waals surface area (Å²) in [5.41, 5.74) is 2.10. The number of anilines is 1. The summed E-state index contributed by atoms with van der Waals surface area (Å²) in [6, 6.07) is 6.47. The molecule has 0 unspecified atom stereocenters. The van der Waals surface area contributed by atoms with Crippen molar-refractivity contribution in [3.05, 3.63) is 28.2 Å². The van der Waals surface area contributed by atoms with E-state index in [0.717, 1.165) is 15.6 Å². The topological polar surface area (TPSA) is 42.2 Å². The Hall–Kier alpha value is -1.36. The SMILES string of the molecule is Cc1cc(-c2noc(N(C)C)n2)ccc1Br. The zero-order valence-electron chi connectivity index (χ0n) is 9.36. The summed E-state index contributed by atoms with van der Waals surface area (Å²) >= 11 is 3.46. The standard InChI is InChI=1S/C11H12BrN3O/c1-7-6-8(4-5-9(7)12)10-13-11(15(2)3)16-14-10/h4-6H,1-3H3. The Kier molecular flexibility index (Phi) is 2.96. The summed E-state index contributed by atoms with van der Waals surface area (Å²) in [6.07, 6.45) is 0. The minimum absolute atomic E-state index is 0.510. The van der Waals surface area contributed by atoms with Gasteiger partial charge >= 0.3 is 6.01 Å². The first-order valence-corrected chi connectivity index (χ1v) is 5.65. The molecular weight excluding hydrogens is 270 g/mol. The second-order valence-electron chi connectivity index (χ2n) is 3.76. The fourth-order valence-corrected chi connectivity index (χ4v) is 1.54. The molecule has 2 rings (SSSR count). The van der Waals surface area contributed by atoms with Crippen LogP contribution in [0.2, 0.25) is 0 Å². The minimum atomic E-state index is 0.510. The van der Waals surface area contributed by atoms with Crippen LogP contribution in [0.3, 0.4) is 0 Å². The summed E-state index contributed by atoms with van der Waals surface area (Å²) in [6.45, 7) is 2.03. The summed E-state index contributed by atoms with van der Waals surface area (Å²) in [7, 11) is 3.73. The number of rotatable bonds is 2. The first kappa shape index (κ1) is 11.1. The van der Waals surface area contributed by atoms with E-state index in [9.17, 15) is 0 Å². The molecule has 2 aromatic rings. The van der Waals surface area contributed by atoms with Crippen molar-refractivity contribution < 1.29 is 4.52 Å². The van der Waals surface area contributed by atoms with Gasteiger partial charge in [0.25, 0.3) is 0 Å². The summed E-state index contributed by atoms with van der Waals surface area (Å²) in [4.78, 5) is 6.06. The zero-order chi connectivity index (χ0) is 11.7. The van der Waals surface area contributed by atoms with Gasteiger partial charge in [-0.2, -0.15) is 4.98 Å². The summed E-state index contributed by atoms with van der Waals surface area (Å²) < 4.78 is 6.18. The van der Waals surface area contributed by atoms with E-state index in [4.69, 9.17) is 4.52 Å². The second-order valence-corrected chi connectivity index (χ2v) is 4.61. The monoisotopic (exact) mass is 281 g/mol. The van der Waals surface area contributed by atoms with Gasteiger partial charge in [0.1, 0.15) is 0 Å². The van der Waals surface area contributed by atoms with E-state index in [2.05, 4.69) is 26.1 Å². The first-order valence-electron chi connectivity index (χ1n) is 4.85. The molecule has 0 aliphatic heterocycles. The normalized spacial score (nSPS) is 10.5. The van der Waals surface area contributed by atoms with Crippen molar-refractivity contribution in [1.29, 1.82) is 0 Å². The highest BCUT2D eigenvalue weighted by Crippen LogP contribution is 2.24. The molecule has 1 heterocycles. The lowest BCUT2D eigenvalue weighted by atomic mass is 10.1. The third-order valence-electron chi connectivity index (χ3n) is 2.21. The van der Waals surface area contributed by atoms with E-state index in [-0.39, 0.29) is 0 Å². The Balaban J connectivity index is 2.39. The molecule has 0 aliphatic rings. The third kappa shape index (κ3) is 2.09. The van der Waals surface area contributed by atoms with Gasteiger partial charge in [-0.15, -0.1) is 0 Å². The van der Waals surface area contributed by atoms with Gasteiger partial charge in [0.15, 0.2) is 0 Å². The maximum Gasteiger partial charge on any atom is 0.323 e. The Bertz CT molecular complexity index is 508. The maximum absolute atomic E-state index is 5.10. The van der Waals surface area contributed by atoms with Gasteiger partial charge < -0.3 is 9.42 Å². The molecule has 4 nitrogen and oxygen atoms in total. The smallest absolute Gasteiger partial charge is 0.323 e. The molecule has 0 N–H and O–H groups in total. The molecule has 0 saturated carbocycles. The van der Waals surface area contributed by atoms with E-state index in [1.54, 1.807) is 4.90 Å². The lowest BCUT2D eigenvalue weighted by Crippen LogP contribution is -2.08. The van der Waals surface area contributed by atoms with E-state index >= 15 is 0 Å². The Morgan fingerprint density at radius 2 is 2.06 bits per heavy atom. The molecule has 16 heavy (non-hydrogen) atoms. The molecule has 84 valence electrons. The van der Waals surface area contributed by atoms with Crippen molar-refractivity contribution in [2.75, 3.05) is 19.0 Å². The molecule has 0 atom stereocenters. The Morgan fingerprint density at radius 1 is 1.31 bits per heavy atom. The number of hydrogen-bond donors (Lipinski definition) is 0. The molecule has 0 fully saturated rings. The second kappa shape index (κ2) is 4.25. The molecule has 0 amide bonds. The summed E-state index contributed by atoms with van der Waals surface area (Å²) in [5, 5.41) is 3.94. The van der Waals surface area contributed by atoms with Crippen molar-refractivity contribution in [3.63, 3.8) is 0 Å². The van der Waals surface area contributed by atoms with Crippen molar-refractivity contribution in [2.45, 2.75) is 6.92 Å². The van der Waals surface area contributed by atoms with E-state index in [0.29, 0.717) is 11.8 Å². The number of halogens is 1. The molecule has 0 aliphatic carbocycles. The van der Waals surface area contributed by atoms with Crippen LogP contribution in [0.4, 0.5) is 6.01 Å². The van der Waals surface area contributed by atoms with Crippen LogP contribution >= 0.6 is 15.9 Å². The van der Waals surface area contributed by atoms with Gasteiger partial charge in [-0.1, -0.05) is 21.1 Å². The van der Waals surface area contributed by atoms with Gasteiger partial charge in [-0.3, -0.25) is 0 Å². The van der Waals surface area contributed by atoms with Crippen LogP contribution in [-0.2, 0) is 0 Å². The van der Waals surface area contributed by atoms with Crippen molar-refractivity contribution >= 4 is 21.9 Å². The molecule has 1 aromatic carbocycles. The molecule has 0 bridgehead atoms. The van der Waals surface area contributed by atoms with Gasteiger partial charge in [0, 0.05) is 24.1 Å². The van der Waals surface area contributed by atoms with E-state index in [1.165, 1.54) is 0 Å². The molecule has 5 heteroatoms. The molecule has 0 saturated heterocycles. The van der Waals surface area contributed by atoms with Crippen molar-refractivity contribution in [3.8, 4) is 11.4 Å². The lowest BCUT2D eigenvalue weighted by molar-refractivity contribution is 0.423. The number of hydrogen-bond acceptors (Lipinski definition) is 4. The average molecular weight is 282 g/mol. The minimum Gasteiger partial charge on any atom is -0.331 e. The van der Waals surface area contributed by atoms with Gasteiger partial charge in [-0.05, 0) is 30.7 Å². The van der Waals surface area contributed by atoms with Gasteiger partial charge in [-0.25, -0.2) is 0 Å². The Labute approximate surface area is 102 Å². The van der Waals surface area contributed by atoms with Crippen LogP contribution in [0.15, 0.2) is 27.2 Å². The lowest BCUT2D eigenvalue weighted by Gasteiger charge is -2.02. The molecule has 1 aromatic heterocycles. The van der Waals surface area contributed by atoms with Crippen LogP contribution in [0.1, 0.15) is 5.56 Å². The van der Waals surface area contributed by atoms with Crippen LogP contribution in [0, 0.1) is 6.92 Å². The fourth-order valence-electron chi connectivity index (χ4n) is 1.30. The predicted molar refractivity (Wildman–Crippen MR) is 66.5 cm³/mol. The van der Waals surface area contributed by atoms with Crippen LogP contribution in [0.5, 0.6) is 0 Å². The van der Waals surface area contributed by atoms with E-state index in [1.807, 2.05) is 39.2 Å². The third-order valence-corrected chi connectivity index (χ3v) is 3.10. The van der Waals surface area contributed by atoms with Crippen LogP contribution in [-0.4, -0.2) is 24.2 Å². The average Bonchev–Trinajstić information content (AvgIpc) is 2.71. The zero-order valence-corrected chi connectivity index (χ0v) is 10.9. The van der Waals surface area contributed by atoms with Crippen LogP contribution < -0.4 is 4.90 Å². The number of aryl methyl sites for hydroxylation is 1.